The van der Waals surface area contributed by atoms with E-state index in [0.717, 1.165) is 23.0 Å². The van der Waals surface area contributed by atoms with E-state index < -0.39 is 0 Å². The number of carbonyl (C=O) groups is 1. The summed E-state index contributed by atoms with van der Waals surface area (Å²) in [5, 5.41) is 0. The molecule has 76 valence electrons. The third-order valence-electron chi connectivity index (χ3n) is 2.71. The van der Waals surface area contributed by atoms with Crippen molar-refractivity contribution in [2.24, 2.45) is 5.73 Å². The minimum Gasteiger partial charge on any atom is -0.330 e. The summed E-state index contributed by atoms with van der Waals surface area (Å²) in [6.07, 6.45) is 0.911. The van der Waals surface area contributed by atoms with Crippen LogP contribution in [0.4, 0.5) is 0 Å². The van der Waals surface area contributed by atoms with Crippen molar-refractivity contribution in [3.05, 3.63) is 34.4 Å². The highest BCUT2D eigenvalue weighted by molar-refractivity contribution is 5.78. The molecule has 0 fully saturated rings. The van der Waals surface area contributed by atoms with E-state index in [2.05, 4.69) is 13.0 Å². The van der Waals surface area contributed by atoms with Gasteiger partial charge in [-0.25, -0.2) is 0 Å². The van der Waals surface area contributed by atoms with Gasteiger partial charge in [-0.3, -0.25) is 4.79 Å². The predicted molar refractivity (Wildman–Crippen MR) is 58.8 cm³/mol. The van der Waals surface area contributed by atoms with E-state index in [-0.39, 0.29) is 5.92 Å². The van der Waals surface area contributed by atoms with Gasteiger partial charge in [-0.05, 0) is 49.1 Å². The fourth-order valence-electron chi connectivity index (χ4n) is 1.52. The molecule has 2 nitrogen and oxygen atoms in total. The molecule has 0 aliphatic rings. The first-order chi connectivity index (χ1) is 6.60. The van der Waals surface area contributed by atoms with Gasteiger partial charge in [-0.1, -0.05) is 13.0 Å². The zero-order chi connectivity index (χ0) is 10.7. The summed E-state index contributed by atoms with van der Waals surface area (Å²) in [5.41, 5.74) is 9.80. The lowest BCUT2D eigenvalue weighted by Gasteiger charge is -2.14. The van der Waals surface area contributed by atoms with Crippen LogP contribution in [0.25, 0.3) is 0 Å². The molecule has 1 aromatic carbocycles. The second kappa shape index (κ2) is 4.38. The molecule has 1 unspecified atom stereocenters. The minimum absolute atomic E-state index is 0.245. The highest BCUT2D eigenvalue weighted by Gasteiger charge is 2.10. The number of hydrogen-bond acceptors (Lipinski definition) is 2. The van der Waals surface area contributed by atoms with Crippen LogP contribution in [0.1, 0.15) is 39.9 Å². The van der Waals surface area contributed by atoms with Crippen LogP contribution >= 0.6 is 0 Å². The maximum atomic E-state index is 10.9. The van der Waals surface area contributed by atoms with E-state index in [4.69, 9.17) is 5.73 Å². The molecule has 0 saturated carbocycles. The summed E-state index contributed by atoms with van der Waals surface area (Å²) < 4.78 is 0. The number of rotatable bonds is 3. The molecule has 0 aliphatic heterocycles. The molecule has 2 heteroatoms. The summed E-state index contributed by atoms with van der Waals surface area (Å²) in [6, 6.07) is 4.00. The zero-order valence-corrected chi connectivity index (χ0v) is 9.00. The molecule has 14 heavy (non-hydrogen) atoms. The monoisotopic (exact) mass is 191 g/mol. The first kappa shape index (κ1) is 10.9. The lowest BCUT2D eigenvalue weighted by Crippen LogP contribution is -2.11. The van der Waals surface area contributed by atoms with E-state index in [1.165, 1.54) is 5.56 Å². The molecule has 0 aliphatic carbocycles. The molecule has 0 aromatic heterocycles. The Morgan fingerprint density at radius 1 is 1.36 bits per heavy atom. The number of aryl methyl sites for hydroxylation is 2. The van der Waals surface area contributed by atoms with Crippen molar-refractivity contribution in [3.8, 4) is 0 Å². The van der Waals surface area contributed by atoms with Gasteiger partial charge in [0, 0.05) is 5.56 Å². The maximum absolute atomic E-state index is 10.9. The summed E-state index contributed by atoms with van der Waals surface area (Å²) in [5.74, 6) is 0.245. The smallest absolute Gasteiger partial charge is 0.150 e. The largest absolute Gasteiger partial charge is 0.330 e. The van der Waals surface area contributed by atoms with Crippen molar-refractivity contribution >= 4 is 6.29 Å². The molecule has 2 N–H and O–H groups in total. The second-order valence-electron chi connectivity index (χ2n) is 3.82. The molecular weight excluding hydrogens is 174 g/mol. The Balaban J connectivity index is 3.26. The number of benzene rings is 1. The van der Waals surface area contributed by atoms with Crippen molar-refractivity contribution < 1.29 is 4.79 Å². The van der Waals surface area contributed by atoms with Crippen molar-refractivity contribution in [1.29, 1.82) is 0 Å². The average Bonchev–Trinajstić information content (AvgIpc) is 2.20. The number of nitrogens with two attached hydrogens (primary N) is 1. The van der Waals surface area contributed by atoms with Gasteiger partial charge in [0.15, 0.2) is 0 Å². The van der Waals surface area contributed by atoms with Crippen LogP contribution in [0.2, 0.25) is 0 Å². The standard InChI is InChI=1S/C12H17NO/c1-8-4-11(7-14)12(5-9(8)2)10(3)6-13/h4-5,7,10H,6,13H2,1-3H3. The Labute approximate surface area is 85.1 Å². The van der Waals surface area contributed by atoms with Crippen molar-refractivity contribution in [1.82, 2.24) is 0 Å². The van der Waals surface area contributed by atoms with Crippen molar-refractivity contribution in [3.63, 3.8) is 0 Å². The van der Waals surface area contributed by atoms with Crippen LogP contribution < -0.4 is 5.73 Å². The van der Waals surface area contributed by atoms with Crippen LogP contribution in [0.15, 0.2) is 12.1 Å². The Morgan fingerprint density at radius 3 is 2.43 bits per heavy atom. The topological polar surface area (TPSA) is 43.1 Å². The van der Waals surface area contributed by atoms with Gasteiger partial charge >= 0.3 is 0 Å². The van der Waals surface area contributed by atoms with Crippen LogP contribution in [0.5, 0.6) is 0 Å². The highest BCUT2D eigenvalue weighted by Crippen LogP contribution is 2.21. The lowest BCUT2D eigenvalue weighted by molar-refractivity contribution is 0.112. The number of hydrogen-bond donors (Lipinski definition) is 1. The van der Waals surface area contributed by atoms with Crippen LogP contribution in [0.3, 0.4) is 0 Å². The molecule has 0 radical (unpaired) electrons. The van der Waals surface area contributed by atoms with E-state index in [1.54, 1.807) is 0 Å². The molecule has 1 aromatic rings. The molecule has 1 rings (SSSR count). The predicted octanol–water partition coefficient (Wildman–Crippen LogP) is 2.18. The third-order valence-corrected chi connectivity index (χ3v) is 2.71. The van der Waals surface area contributed by atoms with E-state index >= 15 is 0 Å². The molecule has 0 bridgehead atoms. The first-order valence-corrected chi connectivity index (χ1v) is 4.86. The van der Waals surface area contributed by atoms with Crippen LogP contribution in [-0.2, 0) is 0 Å². The molecular formula is C12H17NO. The van der Waals surface area contributed by atoms with E-state index in [0.29, 0.717) is 6.54 Å². The maximum Gasteiger partial charge on any atom is 0.150 e. The molecule has 0 spiro atoms. The average molecular weight is 191 g/mol. The minimum atomic E-state index is 0.245. The van der Waals surface area contributed by atoms with Gasteiger partial charge in [0.05, 0.1) is 0 Å². The Bertz CT molecular complexity index is 344. The molecule has 0 amide bonds. The van der Waals surface area contributed by atoms with Crippen LogP contribution in [0, 0.1) is 13.8 Å². The summed E-state index contributed by atoms with van der Waals surface area (Å²) >= 11 is 0. The van der Waals surface area contributed by atoms with Crippen LogP contribution in [-0.4, -0.2) is 12.8 Å². The Hall–Kier alpha value is -1.15. The van der Waals surface area contributed by atoms with Gasteiger partial charge in [0.2, 0.25) is 0 Å². The number of carbonyl (C=O) groups excluding carboxylic acids is 1. The van der Waals surface area contributed by atoms with Crippen molar-refractivity contribution in [2.45, 2.75) is 26.7 Å². The fraction of sp³-hybridized carbons (Fsp3) is 0.417. The van der Waals surface area contributed by atoms with Gasteiger partial charge in [0.25, 0.3) is 0 Å². The molecule has 0 saturated heterocycles. The molecule has 1 atom stereocenters. The van der Waals surface area contributed by atoms with E-state index in [1.807, 2.05) is 19.9 Å². The second-order valence-corrected chi connectivity index (χ2v) is 3.82. The van der Waals surface area contributed by atoms with Crippen molar-refractivity contribution in [2.75, 3.05) is 6.54 Å². The Morgan fingerprint density at radius 2 is 1.93 bits per heavy atom. The van der Waals surface area contributed by atoms with Gasteiger partial charge in [-0.2, -0.15) is 0 Å². The fourth-order valence-corrected chi connectivity index (χ4v) is 1.52. The Kier molecular flexibility index (Phi) is 3.42. The molecule has 0 heterocycles. The first-order valence-electron chi connectivity index (χ1n) is 4.86. The van der Waals surface area contributed by atoms with Gasteiger partial charge in [-0.15, -0.1) is 0 Å². The van der Waals surface area contributed by atoms with Gasteiger partial charge < -0.3 is 5.73 Å². The summed E-state index contributed by atoms with van der Waals surface area (Å²) in [4.78, 5) is 10.9. The summed E-state index contributed by atoms with van der Waals surface area (Å²) in [6.45, 7) is 6.68. The normalized spacial score (nSPS) is 12.6. The highest BCUT2D eigenvalue weighted by atomic mass is 16.1. The summed E-state index contributed by atoms with van der Waals surface area (Å²) in [7, 11) is 0. The quantitative estimate of drug-likeness (QED) is 0.744. The van der Waals surface area contributed by atoms with Gasteiger partial charge in [0.1, 0.15) is 6.29 Å². The zero-order valence-electron chi connectivity index (χ0n) is 9.00. The van der Waals surface area contributed by atoms with E-state index in [9.17, 15) is 4.79 Å². The number of aldehydes is 1. The SMILES string of the molecule is Cc1cc(C=O)c(C(C)CN)cc1C. The third kappa shape index (κ3) is 2.02. The lowest BCUT2D eigenvalue weighted by atomic mass is 9.92.